The average Bonchev–Trinajstić information content (AvgIpc) is 2.74. The molecule has 8 nitrogen and oxygen atoms in total. The van der Waals surface area contributed by atoms with Crippen LogP contribution in [0.4, 0.5) is 4.79 Å². The maximum Gasteiger partial charge on any atom is 0.338 e. The van der Waals surface area contributed by atoms with Crippen molar-refractivity contribution in [3.63, 3.8) is 0 Å². The van der Waals surface area contributed by atoms with E-state index in [1.165, 1.54) is 13.5 Å². The number of rotatable bonds is 6. The van der Waals surface area contributed by atoms with Crippen LogP contribution in [0.1, 0.15) is 37.8 Å². The van der Waals surface area contributed by atoms with Crippen molar-refractivity contribution in [1.29, 1.82) is 0 Å². The van der Waals surface area contributed by atoms with Gasteiger partial charge in [0.2, 0.25) is 0 Å². The molecule has 0 aromatic heterocycles. The van der Waals surface area contributed by atoms with Gasteiger partial charge in [-0.1, -0.05) is 12.5 Å². The topological polar surface area (TPSA) is 89.1 Å². The number of urea groups is 1. The zero-order chi connectivity index (χ0) is 21.0. The number of hydrogen-bond donors (Lipinski definition) is 2. The van der Waals surface area contributed by atoms with Crippen LogP contribution in [-0.2, 0) is 9.53 Å². The van der Waals surface area contributed by atoms with Gasteiger partial charge in [0.1, 0.15) is 0 Å². The third-order valence-corrected chi connectivity index (χ3v) is 5.60. The van der Waals surface area contributed by atoms with Crippen molar-refractivity contribution in [2.45, 2.75) is 38.3 Å². The van der Waals surface area contributed by atoms with Crippen molar-refractivity contribution in [2.24, 2.45) is 0 Å². The van der Waals surface area contributed by atoms with E-state index in [9.17, 15) is 9.59 Å². The SMILES string of the molecule is COC(=O)C1=C(CN2CCCC[C@@H]2C)NC(=O)N[C@@H]1c1ccc(OC)c(OC)c1. The minimum Gasteiger partial charge on any atom is -0.493 e. The Balaban J connectivity index is 2.02. The van der Waals surface area contributed by atoms with E-state index in [2.05, 4.69) is 22.5 Å². The first-order valence-corrected chi connectivity index (χ1v) is 9.83. The van der Waals surface area contributed by atoms with Gasteiger partial charge in [-0.2, -0.15) is 0 Å². The maximum absolute atomic E-state index is 12.7. The lowest BCUT2D eigenvalue weighted by Gasteiger charge is -2.36. The summed E-state index contributed by atoms with van der Waals surface area (Å²) < 4.78 is 15.7. The minimum atomic E-state index is -0.647. The van der Waals surface area contributed by atoms with Crippen LogP contribution in [0.15, 0.2) is 29.5 Å². The van der Waals surface area contributed by atoms with Gasteiger partial charge in [-0.05, 0) is 44.0 Å². The molecule has 2 atom stereocenters. The van der Waals surface area contributed by atoms with Gasteiger partial charge in [-0.15, -0.1) is 0 Å². The summed E-state index contributed by atoms with van der Waals surface area (Å²) in [5.74, 6) is 0.618. The number of nitrogens with zero attached hydrogens (tertiary/aromatic N) is 1. The smallest absolute Gasteiger partial charge is 0.338 e. The highest BCUT2D eigenvalue weighted by atomic mass is 16.5. The van der Waals surface area contributed by atoms with Crippen molar-refractivity contribution in [2.75, 3.05) is 34.4 Å². The van der Waals surface area contributed by atoms with E-state index in [4.69, 9.17) is 14.2 Å². The van der Waals surface area contributed by atoms with Crippen LogP contribution in [0.5, 0.6) is 11.5 Å². The van der Waals surface area contributed by atoms with Crippen LogP contribution in [0, 0.1) is 0 Å². The lowest BCUT2D eigenvalue weighted by molar-refractivity contribution is -0.136. The molecule has 2 heterocycles. The van der Waals surface area contributed by atoms with E-state index in [1.807, 2.05) is 6.07 Å². The number of esters is 1. The molecule has 2 aliphatic rings. The molecule has 1 fully saturated rings. The standard InChI is InChI=1S/C21H29N3O5/c1-13-7-5-6-10-24(13)12-15-18(20(25)29-4)19(23-21(26)22-15)14-8-9-16(27-2)17(11-14)28-3/h8-9,11,13,19H,5-7,10,12H2,1-4H3,(H2,22,23,26)/t13-,19+/m0/s1. The van der Waals surface area contributed by atoms with Gasteiger partial charge in [0.15, 0.2) is 11.5 Å². The number of hydrogen-bond acceptors (Lipinski definition) is 6. The molecule has 1 aromatic carbocycles. The molecule has 1 saturated heterocycles. The Labute approximate surface area is 171 Å². The number of methoxy groups -OCH3 is 3. The Morgan fingerprint density at radius 1 is 1.17 bits per heavy atom. The predicted octanol–water partition coefficient (Wildman–Crippen LogP) is 2.36. The summed E-state index contributed by atoms with van der Waals surface area (Å²) in [6.07, 6.45) is 3.41. The summed E-state index contributed by atoms with van der Waals surface area (Å²) >= 11 is 0. The van der Waals surface area contributed by atoms with Gasteiger partial charge in [-0.25, -0.2) is 9.59 Å². The van der Waals surface area contributed by atoms with Crippen LogP contribution >= 0.6 is 0 Å². The van der Waals surface area contributed by atoms with Gasteiger partial charge in [-0.3, -0.25) is 4.90 Å². The monoisotopic (exact) mass is 403 g/mol. The highest BCUT2D eigenvalue weighted by Crippen LogP contribution is 2.34. The van der Waals surface area contributed by atoms with E-state index in [-0.39, 0.29) is 6.03 Å². The van der Waals surface area contributed by atoms with E-state index in [0.29, 0.717) is 40.9 Å². The average molecular weight is 403 g/mol. The Morgan fingerprint density at radius 3 is 2.59 bits per heavy atom. The van der Waals surface area contributed by atoms with E-state index in [0.717, 1.165) is 19.4 Å². The Hall–Kier alpha value is -2.74. The van der Waals surface area contributed by atoms with Crippen molar-refractivity contribution in [3.05, 3.63) is 35.0 Å². The molecular formula is C21H29N3O5. The van der Waals surface area contributed by atoms with Crippen LogP contribution < -0.4 is 20.1 Å². The van der Waals surface area contributed by atoms with Gasteiger partial charge < -0.3 is 24.8 Å². The second-order valence-corrected chi connectivity index (χ2v) is 7.34. The maximum atomic E-state index is 12.7. The highest BCUT2D eigenvalue weighted by Gasteiger charge is 2.35. The van der Waals surface area contributed by atoms with Crippen LogP contribution in [0.2, 0.25) is 0 Å². The summed E-state index contributed by atoms with van der Waals surface area (Å²) in [4.78, 5) is 27.4. The molecule has 0 radical (unpaired) electrons. The molecule has 2 aliphatic heterocycles. The normalized spacial score (nSPS) is 22.6. The molecule has 1 aromatic rings. The Morgan fingerprint density at radius 2 is 1.93 bits per heavy atom. The number of nitrogens with one attached hydrogen (secondary N) is 2. The molecule has 8 heteroatoms. The number of carbonyl (C=O) groups excluding carboxylic acids is 2. The molecule has 2 amide bonds. The van der Waals surface area contributed by atoms with Crippen molar-refractivity contribution in [1.82, 2.24) is 15.5 Å². The second kappa shape index (κ2) is 9.17. The van der Waals surface area contributed by atoms with Crippen LogP contribution in [-0.4, -0.2) is 57.4 Å². The lowest BCUT2D eigenvalue weighted by atomic mass is 9.94. The Kier molecular flexibility index (Phi) is 6.64. The van der Waals surface area contributed by atoms with Gasteiger partial charge >= 0.3 is 12.0 Å². The lowest BCUT2D eigenvalue weighted by Crippen LogP contribution is -2.50. The summed E-state index contributed by atoms with van der Waals surface area (Å²) in [7, 11) is 4.45. The van der Waals surface area contributed by atoms with Gasteiger partial charge in [0.25, 0.3) is 0 Å². The molecule has 0 saturated carbocycles. The molecule has 0 aliphatic carbocycles. The summed E-state index contributed by atoms with van der Waals surface area (Å²) in [6.45, 7) is 3.60. The fourth-order valence-corrected chi connectivity index (χ4v) is 3.97. The zero-order valence-corrected chi connectivity index (χ0v) is 17.4. The first kappa shape index (κ1) is 21.0. The second-order valence-electron chi connectivity index (χ2n) is 7.34. The zero-order valence-electron chi connectivity index (χ0n) is 17.4. The van der Waals surface area contributed by atoms with E-state index in [1.54, 1.807) is 26.4 Å². The fourth-order valence-electron chi connectivity index (χ4n) is 3.97. The van der Waals surface area contributed by atoms with Gasteiger partial charge in [0, 0.05) is 18.3 Å². The number of benzene rings is 1. The first-order chi connectivity index (χ1) is 14.0. The molecule has 158 valence electrons. The third-order valence-electron chi connectivity index (χ3n) is 5.60. The molecular weight excluding hydrogens is 374 g/mol. The number of carbonyl (C=O) groups is 2. The van der Waals surface area contributed by atoms with Gasteiger partial charge in [0.05, 0.1) is 32.9 Å². The highest BCUT2D eigenvalue weighted by molar-refractivity contribution is 5.95. The number of piperidine rings is 1. The van der Waals surface area contributed by atoms with E-state index >= 15 is 0 Å². The minimum absolute atomic E-state index is 0.350. The summed E-state index contributed by atoms with van der Waals surface area (Å²) in [5, 5.41) is 5.67. The number of ether oxygens (including phenoxy) is 3. The largest absolute Gasteiger partial charge is 0.493 e. The molecule has 0 spiro atoms. The molecule has 2 N–H and O–H groups in total. The number of likely N-dealkylation sites (tertiary alicyclic amines) is 1. The molecule has 0 bridgehead atoms. The predicted molar refractivity (Wildman–Crippen MR) is 108 cm³/mol. The Bertz CT molecular complexity index is 808. The number of amides is 2. The van der Waals surface area contributed by atoms with Crippen molar-refractivity contribution < 1.29 is 23.8 Å². The first-order valence-electron chi connectivity index (χ1n) is 9.83. The van der Waals surface area contributed by atoms with Crippen molar-refractivity contribution in [3.8, 4) is 11.5 Å². The third kappa shape index (κ3) is 4.48. The molecule has 3 rings (SSSR count). The van der Waals surface area contributed by atoms with Crippen LogP contribution in [0.25, 0.3) is 0 Å². The van der Waals surface area contributed by atoms with E-state index < -0.39 is 12.0 Å². The molecule has 29 heavy (non-hydrogen) atoms. The fraction of sp³-hybridized carbons (Fsp3) is 0.524. The summed E-state index contributed by atoms with van der Waals surface area (Å²) in [6, 6.07) is 4.72. The molecule has 0 unspecified atom stereocenters. The summed E-state index contributed by atoms with van der Waals surface area (Å²) in [5.41, 5.74) is 1.69. The quantitative estimate of drug-likeness (QED) is 0.709. The van der Waals surface area contributed by atoms with Crippen LogP contribution in [0.3, 0.4) is 0 Å². The van der Waals surface area contributed by atoms with Crippen molar-refractivity contribution >= 4 is 12.0 Å².